The predicted molar refractivity (Wildman–Crippen MR) is 64.5 cm³/mol. The average molecular weight is 246 g/mol. The van der Waals surface area contributed by atoms with Gasteiger partial charge in [-0.05, 0) is 11.6 Å². The zero-order valence-electron chi connectivity index (χ0n) is 9.85. The highest BCUT2D eigenvalue weighted by Gasteiger charge is 2.24. The minimum Gasteiger partial charge on any atom is -0.428 e. The fourth-order valence-electron chi connectivity index (χ4n) is 2.19. The number of fused-ring (bicyclic) bond motifs is 1. The molecular formula is C12H14N4O2. The van der Waals surface area contributed by atoms with Gasteiger partial charge in [0.2, 0.25) is 5.91 Å². The van der Waals surface area contributed by atoms with E-state index in [1.807, 2.05) is 18.5 Å². The Morgan fingerprint density at radius 3 is 3.28 bits per heavy atom. The number of nitrogens with zero attached hydrogens (tertiary/aromatic N) is 2. The molecule has 0 fully saturated rings. The summed E-state index contributed by atoms with van der Waals surface area (Å²) < 4.78 is 5.26. The summed E-state index contributed by atoms with van der Waals surface area (Å²) in [6.07, 6.45) is 4.74. The van der Waals surface area contributed by atoms with Crippen LogP contribution in [0, 0.1) is 0 Å². The molecule has 0 aromatic carbocycles. The molecule has 3 heterocycles. The molecule has 0 unspecified atom stereocenters. The van der Waals surface area contributed by atoms with Crippen molar-refractivity contribution in [3.63, 3.8) is 0 Å². The van der Waals surface area contributed by atoms with Gasteiger partial charge in [0.15, 0.2) is 0 Å². The van der Waals surface area contributed by atoms with Crippen LogP contribution in [0.1, 0.15) is 17.0 Å². The first-order chi connectivity index (χ1) is 8.72. The number of anilines is 1. The van der Waals surface area contributed by atoms with E-state index in [1.165, 1.54) is 0 Å². The molecule has 3 N–H and O–H groups in total. The van der Waals surface area contributed by atoms with Gasteiger partial charge < -0.3 is 20.0 Å². The number of carbonyl (C=O) groups is 1. The molecule has 3 rings (SSSR count). The number of nitrogens with two attached hydrogens (primary N) is 1. The smallest absolute Gasteiger partial charge is 0.292 e. The number of rotatable bonds is 2. The highest BCUT2D eigenvalue weighted by atomic mass is 16.4. The molecule has 2 aromatic heterocycles. The number of hydrogen-bond donors (Lipinski definition) is 2. The molecule has 0 bridgehead atoms. The van der Waals surface area contributed by atoms with Gasteiger partial charge in [-0.1, -0.05) is 0 Å². The number of amides is 1. The van der Waals surface area contributed by atoms with Crippen molar-refractivity contribution < 1.29 is 9.21 Å². The van der Waals surface area contributed by atoms with Crippen LogP contribution in [-0.4, -0.2) is 27.3 Å². The van der Waals surface area contributed by atoms with E-state index < -0.39 is 0 Å². The van der Waals surface area contributed by atoms with Crippen LogP contribution in [0.2, 0.25) is 0 Å². The maximum atomic E-state index is 12.1. The summed E-state index contributed by atoms with van der Waals surface area (Å²) in [6, 6.07) is 2.08. The van der Waals surface area contributed by atoms with E-state index in [2.05, 4.69) is 9.97 Å². The highest BCUT2D eigenvalue weighted by Crippen LogP contribution is 2.21. The van der Waals surface area contributed by atoms with Crippen molar-refractivity contribution in [2.45, 2.75) is 19.4 Å². The molecule has 0 spiro atoms. The molecule has 0 atom stereocenters. The summed E-state index contributed by atoms with van der Waals surface area (Å²) >= 11 is 0. The molecule has 18 heavy (non-hydrogen) atoms. The third-order valence-corrected chi connectivity index (χ3v) is 3.11. The molecular weight excluding hydrogens is 232 g/mol. The third kappa shape index (κ3) is 1.97. The topological polar surface area (TPSA) is 88.2 Å². The maximum Gasteiger partial charge on any atom is 0.292 e. The fourth-order valence-corrected chi connectivity index (χ4v) is 2.19. The standard InChI is InChI=1S/C12H14N4O2/c13-12-15-9-7-16(4-2-10(9)18-12)11(17)5-8-1-3-14-6-8/h1,3,6,14H,2,4-5,7H2,(H2,13,15). The van der Waals surface area contributed by atoms with Gasteiger partial charge in [-0.2, -0.15) is 4.98 Å². The summed E-state index contributed by atoms with van der Waals surface area (Å²) in [5.74, 6) is 0.903. The van der Waals surface area contributed by atoms with Crippen LogP contribution in [0.5, 0.6) is 0 Å². The molecule has 94 valence electrons. The second-order valence-electron chi connectivity index (χ2n) is 4.38. The number of carbonyl (C=O) groups excluding carboxylic acids is 1. The number of nitrogen functional groups attached to an aromatic ring is 1. The summed E-state index contributed by atoms with van der Waals surface area (Å²) in [6.45, 7) is 1.14. The molecule has 1 aliphatic rings. The Morgan fingerprint density at radius 1 is 1.61 bits per heavy atom. The Labute approximate surface area is 104 Å². The van der Waals surface area contributed by atoms with Crippen LogP contribution in [0.3, 0.4) is 0 Å². The number of oxazole rings is 1. The molecule has 6 heteroatoms. The van der Waals surface area contributed by atoms with E-state index in [9.17, 15) is 4.79 Å². The largest absolute Gasteiger partial charge is 0.428 e. The SMILES string of the molecule is Nc1nc2c(o1)CCN(C(=O)Cc1cc[nH]c1)C2. The number of hydrogen-bond acceptors (Lipinski definition) is 4. The van der Waals surface area contributed by atoms with E-state index in [1.54, 1.807) is 4.90 Å². The van der Waals surface area contributed by atoms with Crippen LogP contribution in [-0.2, 0) is 24.2 Å². The van der Waals surface area contributed by atoms with Crippen molar-refractivity contribution >= 4 is 11.9 Å². The van der Waals surface area contributed by atoms with Crippen molar-refractivity contribution in [1.29, 1.82) is 0 Å². The summed E-state index contributed by atoms with van der Waals surface area (Å²) in [4.78, 5) is 20.9. The number of aromatic nitrogens is 2. The van der Waals surface area contributed by atoms with E-state index in [0.717, 1.165) is 17.0 Å². The number of nitrogens with one attached hydrogen (secondary N) is 1. The minimum atomic E-state index is 0.0989. The first-order valence-corrected chi connectivity index (χ1v) is 5.86. The zero-order valence-corrected chi connectivity index (χ0v) is 9.85. The monoisotopic (exact) mass is 246 g/mol. The van der Waals surface area contributed by atoms with E-state index in [0.29, 0.717) is 25.9 Å². The highest BCUT2D eigenvalue weighted by molar-refractivity contribution is 5.78. The van der Waals surface area contributed by atoms with Gasteiger partial charge in [0.25, 0.3) is 6.01 Å². The fraction of sp³-hybridized carbons (Fsp3) is 0.333. The number of H-pyrrole nitrogens is 1. The molecule has 0 radical (unpaired) electrons. The summed E-state index contributed by atoms with van der Waals surface area (Å²) in [5.41, 5.74) is 7.27. The normalized spacial score (nSPS) is 14.6. The first-order valence-electron chi connectivity index (χ1n) is 5.86. The maximum absolute atomic E-state index is 12.1. The molecule has 1 amide bonds. The second-order valence-corrected chi connectivity index (χ2v) is 4.38. The van der Waals surface area contributed by atoms with Gasteiger partial charge in [-0.25, -0.2) is 0 Å². The van der Waals surface area contributed by atoms with Crippen molar-refractivity contribution in [2.75, 3.05) is 12.3 Å². The molecule has 6 nitrogen and oxygen atoms in total. The van der Waals surface area contributed by atoms with Gasteiger partial charge in [-0.3, -0.25) is 4.79 Å². The van der Waals surface area contributed by atoms with Crippen molar-refractivity contribution in [3.05, 3.63) is 35.5 Å². The van der Waals surface area contributed by atoms with Crippen molar-refractivity contribution in [3.8, 4) is 0 Å². The lowest BCUT2D eigenvalue weighted by atomic mass is 10.1. The van der Waals surface area contributed by atoms with Gasteiger partial charge in [-0.15, -0.1) is 0 Å². The molecule has 0 aliphatic carbocycles. The third-order valence-electron chi connectivity index (χ3n) is 3.11. The van der Waals surface area contributed by atoms with Crippen LogP contribution in [0.15, 0.2) is 22.9 Å². The Morgan fingerprint density at radius 2 is 2.50 bits per heavy atom. The lowest BCUT2D eigenvalue weighted by Crippen LogP contribution is -2.36. The lowest BCUT2D eigenvalue weighted by Gasteiger charge is -2.25. The lowest BCUT2D eigenvalue weighted by molar-refractivity contribution is -0.131. The van der Waals surface area contributed by atoms with Crippen molar-refractivity contribution in [2.24, 2.45) is 0 Å². The van der Waals surface area contributed by atoms with E-state index >= 15 is 0 Å². The van der Waals surface area contributed by atoms with Crippen LogP contribution in [0.4, 0.5) is 6.01 Å². The van der Waals surface area contributed by atoms with Gasteiger partial charge in [0.1, 0.15) is 11.5 Å². The first kappa shape index (κ1) is 10.9. The Bertz CT molecular complexity index is 559. The van der Waals surface area contributed by atoms with Crippen LogP contribution < -0.4 is 5.73 Å². The zero-order chi connectivity index (χ0) is 12.5. The van der Waals surface area contributed by atoms with Crippen LogP contribution >= 0.6 is 0 Å². The molecule has 2 aromatic rings. The quantitative estimate of drug-likeness (QED) is 0.817. The van der Waals surface area contributed by atoms with Crippen LogP contribution in [0.25, 0.3) is 0 Å². The molecule has 1 aliphatic heterocycles. The molecule has 0 saturated heterocycles. The van der Waals surface area contributed by atoms with Gasteiger partial charge >= 0.3 is 0 Å². The second kappa shape index (κ2) is 4.21. The average Bonchev–Trinajstić information content (AvgIpc) is 2.95. The molecule has 0 saturated carbocycles. The number of aromatic amines is 1. The van der Waals surface area contributed by atoms with Gasteiger partial charge in [0.05, 0.1) is 13.0 Å². The Hall–Kier alpha value is -2.24. The Kier molecular flexibility index (Phi) is 2.55. The van der Waals surface area contributed by atoms with Crippen molar-refractivity contribution in [1.82, 2.24) is 14.9 Å². The van der Waals surface area contributed by atoms with E-state index in [4.69, 9.17) is 10.2 Å². The van der Waals surface area contributed by atoms with E-state index in [-0.39, 0.29) is 11.9 Å². The van der Waals surface area contributed by atoms with Gasteiger partial charge in [0, 0.05) is 25.4 Å². The summed E-state index contributed by atoms with van der Waals surface area (Å²) in [7, 11) is 0. The summed E-state index contributed by atoms with van der Waals surface area (Å²) in [5, 5.41) is 0. The minimum absolute atomic E-state index is 0.0989. The Balaban J connectivity index is 1.70. The predicted octanol–water partition coefficient (Wildman–Crippen LogP) is 0.712.